The van der Waals surface area contributed by atoms with Crippen molar-refractivity contribution in [3.05, 3.63) is 53.7 Å². The van der Waals surface area contributed by atoms with E-state index in [-0.39, 0.29) is 5.91 Å². The van der Waals surface area contributed by atoms with Crippen LogP contribution < -0.4 is 10.1 Å². The van der Waals surface area contributed by atoms with Crippen molar-refractivity contribution in [1.82, 2.24) is 9.78 Å². The molecule has 2 aromatic carbocycles. The largest absolute Gasteiger partial charge is 0.497 e. The number of benzene rings is 2. The van der Waals surface area contributed by atoms with Crippen LogP contribution in [0.5, 0.6) is 5.75 Å². The van der Waals surface area contributed by atoms with Crippen LogP contribution >= 0.6 is 11.6 Å². The van der Waals surface area contributed by atoms with E-state index in [2.05, 4.69) is 10.4 Å². The van der Waals surface area contributed by atoms with Crippen molar-refractivity contribution in [3.63, 3.8) is 0 Å². The fraction of sp³-hybridized carbons (Fsp3) is 0.176. The Morgan fingerprint density at radius 1 is 1.26 bits per heavy atom. The second-order valence-corrected chi connectivity index (χ2v) is 5.53. The lowest BCUT2D eigenvalue weighted by Crippen LogP contribution is -2.14. The van der Waals surface area contributed by atoms with Gasteiger partial charge >= 0.3 is 0 Å². The Bertz CT molecular complexity index is 827. The minimum atomic E-state index is -0.0622. The SMILES string of the molecule is COc1ccc(NC(=O)CCn2ncc3cc(Cl)ccc32)cc1. The molecular weight excluding hydrogens is 314 g/mol. The number of hydrogen-bond acceptors (Lipinski definition) is 3. The predicted octanol–water partition coefficient (Wildman–Crippen LogP) is 3.73. The fourth-order valence-corrected chi connectivity index (χ4v) is 2.52. The van der Waals surface area contributed by atoms with E-state index >= 15 is 0 Å². The van der Waals surface area contributed by atoms with Crippen molar-refractivity contribution in [2.75, 3.05) is 12.4 Å². The summed E-state index contributed by atoms with van der Waals surface area (Å²) in [5.74, 6) is 0.692. The quantitative estimate of drug-likeness (QED) is 0.776. The molecule has 0 unspecified atom stereocenters. The molecule has 0 saturated carbocycles. The maximum Gasteiger partial charge on any atom is 0.226 e. The van der Waals surface area contributed by atoms with Gasteiger partial charge in [-0.3, -0.25) is 9.48 Å². The van der Waals surface area contributed by atoms with Gasteiger partial charge in [0.25, 0.3) is 0 Å². The summed E-state index contributed by atoms with van der Waals surface area (Å²) in [7, 11) is 1.61. The average Bonchev–Trinajstić information content (AvgIpc) is 2.95. The van der Waals surface area contributed by atoms with Crippen LogP contribution in [0.4, 0.5) is 5.69 Å². The third-order valence-corrected chi connectivity index (χ3v) is 3.76. The van der Waals surface area contributed by atoms with E-state index in [0.717, 1.165) is 22.3 Å². The second kappa shape index (κ2) is 6.71. The molecule has 3 aromatic rings. The number of ether oxygens (including phenoxy) is 1. The smallest absolute Gasteiger partial charge is 0.226 e. The zero-order valence-corrected chi connectivity index (χ0v) is 13.4. The number of carbonyl (C=O) groups is 1. The van der Waals surface area contributed by atoms with Crippen LogP contribution in [-0.4, -0.2) is 22.8 Å². The molecule has 0 aliphatic carbocycles. The lowest BCUT2D eigenvalue weighted by molar-refractivity contribution is -0.116. The van der Waals surface area contributed by atoms with Crippen molar-refractivity contribution >= 4 is 34.1 Å². The van der Waals surface area contributed by atoms with Crippen molar-refractivity contribution in [1.29, 1.82) is 0 Å². The average molecular weight is 330 g/mol. The highest BCUT2D eigenvalue weighted by atomic mass is 35.5. The fourth-order valence-electron chi connectivity index (χ4n) is 2.34. The predicted molar refractivity (Wildman–Crippen MR) is 91.0 cm³/mol. The maximum atomic E-state index is 12.0. The maximum absolute atomic E-state index is 12.0. The molecule has 0 spiro atoms. The zero-order chi connectivity index (χ0) is 16.2. The monoisotopic (exact) mass is 329 g/mol. The van der Waals surface area contributed by atoms with Gasteiger partial charge in [0.1, 0.15) is 5.75 Å². The van der Waals surface area contributed by atoms with Crippen molar-refractivity contribution in [2.24, 2.45) is 0 Å². The van der Waals surface area contributed by atoms with E-state index < -0.39 is 0 Å². The van der Waals surface area contributed by atoms with Crippen LogP contribution in [0.1, 0.15) is 6.42 Å². The van der Waals surface area contributed by atoms with E-state index in [1.165, 1.54) is 0 Å². The number of halogens is 1. The molecule has 23 heavy (non-hydrogen) atoms. The van der Waals surface area contributed by atoms with Crippen LogP contribution in [0.15, 0.2) is 48.7 Å². The van der Waals surface area contributed by atoms with E-state index in [0.29, 0.717) is 18.0 Å². The first-order valence-corrected chi connectivity index (χ1v) is 7.58. The Balaban J connectivity index is 1.61. The highest BCUT2D eigenvalue weighted by Crippen LogP contribution is 2.19. The summed E-state index contributed by atoms with van der Waals surface area (Å²) in [6, 6.07) is 12.8. The molecule has 0 bridgehead atoms. The lowest BCUT2D eigenvalue weighted by Gasteiger charge is -2.07. The Morgan fingerprint density at radius 3 is 2.78 bits per heavy atom. The molecule has 1 N–H and O–H groups in total. The lowest BCUT2D eigenvalue weighted by atomic mass is 10.2. The summed E-state index contributed by atoms with van der Waals surface area (Å²) in [6.07, 6.45) is 2.09. The zero-order valence-electron chi connectivity index (χ0n) is 12.6. The summed E-state index contributed by atoms with van der Waals surface area (Å²) >= 11 is 5.96. The van der Waals surface area contributed by atoms with Crippen molar-refractivity contribution < 1.29 is 9.53 Å². The molecule has 0 fully saturated rings. The van der Waals surface area contributed by atoms with Crippen LogP contribution in [0.25, 0.3) is 10.9 Å². The molecule has 0 radical (unpaired) electrons. The number of nitrogens with zero attached hydrogens (tertiary/aromatic N) is 2. The van der Waals surface area contributed by atoms with Crippen molar-refractivity contribution in [2.45, 2.75) is 13.0 Å². The van der Waals surface area contributed by atoms with Crippen LogP contribution in [0, 0.1) is 0 Å². The Hall–Kier alpha value is -2.53. The molecule has 1 amide bonds. The van der Waals surface area contributed by atoms with E-state index in [1.807, 2.05) is 30.3 Å². The van der Waals surface area contributed by atoms with E-state index in [4.69, 9.17) is 16.3 Å². The minimum Gasteiger partial charge on any atom is -0.497 e. The number of hydrogen-bond donors (Lipinski definition) is 1. The standard InChI is InChI=1S/C17H16ClN3O2/c1-23-15-5-3-14(4-6-15)20-17(22)8-9-21-16-7-2-13(18)10-12(16)11-19-21/h2-7,10-11H,8-9H2,1H3,(H,20,22). The van der Waals surface area contributed by atoms with Gasteiger partial charge in [-0.25, -0.2) is 0 Å². The topological polar surface area (TPSA) is 56.1 Å². The number of methoxy groups -OCH3 is 1. The van der Waals surface area contributed by atoms with Crippen LogP contribution in [-0.2, 0) is 11.3 Å². The van der Waals surface area contributed by atoms with Crippen molar-refractivity contribution in [3.8, 4) is 5.75 Å². The molecule has 0 aliphatic heterocycles. The van der Waals surface area contributed by atoms with Gasteiger partial charge in [-0.15, -0.1) is 0 Å². The number of rotatable bonds is 5. The summed E-state index contributed by atoms with van der Waals surface area (Å²) in [5, 5.41) is 8.80. The van der Waals surface area contributed by atoms with E-state index in [1.54, 1.807) is 30.1 Å². The molecule has 1 heterocycles. The first kappa shape index (κ1) is 15.4. The Kier molecular flexibility index (Phi) is 4.48. The van der Waals surface area contributed by atoms with Crippen LogP contribution in [0.2, 0.25) is 5.02 Å². The number of amides is 1. The number of anilines is 1. The summed E-state index contributed by atoms with van der Waals surface area (Å²) in [4.78, 5) is 12.0. The molecule has 0 atom stereocenters. The van der Waals surface area contributed by atoms with Gasteiger partial charge in [0.2, 0.25) is 5.91 Å². The molecule has 6 heteroatoms. The molecular formula is C17H16ClN3O2. The van der Waals surface area contributed by atoms with E-state index in [9.17, 15) is 4.79 Å². The molecule has 0 saturated heterocycles. The van der Waals surface area contributed by atoms with Gasteiger partial charge in [0.15, 0.2) is 0 Å². The number of carbonyl (C=O) groups excluding carboxylic acids is 1. The third-order valence-electron chi connectivity index (χ3n) is 3.53. The summed E-state index contributed by atoms with van der Waals surface area (Å²) < 4.78 is 6.89. The molecule has 0 aliphatic rings. The third kappa shape index (κ3) is 3.63. The minimum absolute atomic E-state index is 0.0622. The summed E-state index contributed by atoms with van der Waals surface area (Å²) in [5.41, 5.74) is 1.71. The van der Waals surface area contributed by atoms with Gasteiger partial charge in [-0.05, 0) is 42.5 Å². The molecule has 3 rings (SSSR count). The number of nitrogens with one attached hydrogen (secondary N) is 1. The highest BCUT2D eigenvalue weighted by molar-refractivity contribution is 6.31. The molecule has 5 nitrogen and oxygen atoms in total. The Morgan fingerprint density at radius 2 is 2.04 bits per heavy atom. The first-order chi connectivity index (χ1) is 11.2. The molecule has 1 aromatic heterocycles. The van der Waals surface area contributed by atoms with Gasteiger partial charge in [0, 0.05) is 22.5 Å². The Labute approximate surface area is 138 Å². The van der Waals surface area contributed by atoms with Crippen LogP contribution in [0.3, 0.4) is 0 Å². The first-order valence-electron chi connectivity index (χ1n) is 7.21. The molecule has 118 valence electrons. The highest BCUT2D eigenvalue weighted by Gasteiger charge is 2.07. The number of fused-ring (bicyclic) bond motifs is 1. The van der Waals surface area contributed by atoms with Gasteiger partial charge in [-0.2, -0.15) is 5.10 Å². The van der Waals surface area contributed by atoms with Gasteiger partial charge in [0.05, 0.1) is 25.4 Å². The number of aryl methyl sites for hydroxylation is 1. The van der Waals surface area contributed by atoms with Gasteiger partial charge < -0.3 is 10.1 Å². The number of aromatic nitrogens is 2. The van der Waals surface area contributed by atoms with Gasteiger partial charge in [-0.1, -0.05) is 11.6 Å². The second-order valence-electron chi connectivity index (χ2n) is 5.10. The summed E-state index contributed by atoms with van der Waals surface area (Å²) in [6.45, 7) is 0.507. The normalized spacial score (nSPS) is 10.7.